The van der Waals surface area contributed by atoms with Crippen LogP contribution >= 0.6 is 0 Å². The lowest BCUT2D eigenvalue weighted by Crippen LogP contribution is -2.58. The molecule has 0 radical (unpaired) electrons. The number of amides is 1. The lowest BCUT2D eigenvalue weighted by atomic mass is 9.43. The normalized spacial score (nSPS) is 43.6. The third-order valence-corrected chi connectivity index (χ3v) is 12.5. The number of hydrogen-bond acceptors (Lipinski definition) is 4. The Hall–Kier alpha value is -1.59. The van der Waals surface area contributed by atoms with E-state index in [1.165, 1.54) is 25.7 Å². The summed E-state index contributed by atoms with van der Waals surface area (Å²) in [7, 11) is 2.06. The van der Waals surface area contributed by atoms with Gasteiger partial charge in [-0.05, 0) is 116 Å². The van der Waals surface area contributed by atoms with Gasteiger partial charge < -0.3 is 15.1 Å². The monoisotopic (exact) mass is 508 g/mol. The summed E-state index contributed by atoms with van der Waals surface area (Å²) in [5.41, 5.74) is 2.73. The molecular weight excluding hydrogens is 460 g/mol. The van der Waals surface area contributed by atoms with Gasteiger partial charge in [0.05, 0.1) is 30.3 Å². The van der Waals surface area contributed by atoms with Gasteiger partial charge >= 0.3 is 0 Å². The van der Waals surface area contributed by atoms with E-state index in [0.29, 0.717) is 48.6 Å². The fraction of sp³-hybridized carbons (Fsp3) is 0.781. The molecule has 5 nitrogen and oxygen atoms in total. The third kappa shape index (κ3) is 3.97. The molecule has 10 atom stereocenters. The maximum Gasteiger partial charge on any atom is 0.228 e. The molecule has 6 rings (SSSR count). The van der Waals surface area contributed by atoms with Crippen LogP contribution in [0.5, 0.6) is 0 Å². The zero-order valence-electron chi connectivity index (χ0n) is 23.4. The molecule has 204 valence electrons. The molecule has 0 aromatic heterocycles. The molecule has 0 saturated heterocycles. The number of hydrogen-bond donors (Lipinski definition) is 2. The highest BCUT2D eigenvalue weighted by Gasteiger charge is 2.62. The quantitative estimate of drug-likeness (QED) is 0.537. The molecule has 4 saturated carbocycles. The second kappa shape index (κ2) is 9.26. The zero-order chi connectivity index (χ0) is 26.1. The van der Waals surface area contributed by atoms with Gasteiger partial charge in [0.15, 0.2) is 0 Å². The molecule has 5 aliphatic rings. The zero-order valence-corrected chi connectivity index (χ0v) is 23.4. The Labute approximate surface area is 223 Å². The van der Waals surface area contributed by atoms with E-state index in [1.807, 2.05) is 17.0 Å². The Bertz CT molecular complexity index is 1030. The first-order valence-electron chi connectivity index (χ1n) is 15.1. The van der Waals surface area contributed by atoms with Crippen LogP contribution in [0.15, 0.2) is 24.3 Å². The van der Waals surface area contributed by atoms with Crippen molar-refractivity contribution in [3.63, 3.8) is 0 Å². The molecule has 37 heavy (non-hydrogen) atoms. The van der Waals surface area contributed by atoms with Crippen LogP contribution in [0.4, 0.5) is 11.4 Å². The number of aliphatic hydroxyl groups excluding tert-OH is 2. The van der Waals surface area contributed by atoms with E-state index in [-0.39, 0.29) is 28.9 Å². The fourth-order valence-electron chi connectivity index (χ4n) is 10.5. The molecule has 1 aliphatic heterocycles. The predicted octanol–water partition coefficient (Wildman–Crippen LogP) is 5.83. The molecule has 2 N–H and O–H groups in total. The van der Waals surface area contributed by atoms with Gasteiger partial charge in [-0.2, -0.15) is 0 Å². The number of nitrogens with zero attached hydrogens (tertiary/aromatic N) is 2. The molecule has 0 spiro atoms. The van der Waals surface area contributed by atoms with E-state index in [4.69, 9.17) is 0 Å². The molecule has 1 aromatic carbocycles. The Morgan fingerprint density at radius 1 is 1.00 bits per heavy atom. The molecule has 1 heterocycles. The van der Waals surface area contributed by atoms with Gasteiger partial charge in [0, 0.05) is 13.5 Å². The maximum atomic E-state index is 13.3. The van der Waals surface area contributed by atoms with Crippen LogP contribution in [0, 0.1) is 46.3 Å². The van der Waals surface area contributed by atoms with Gasteiger partial charge in [-0.3, -0.25) is 9.69 Å². The maximum absolute atomic E-state index is 13.3. The van der Waals surface area contributed by atoms with Gasteiger partial charge in [0.25, 0.3) is 0 Å². The number of anilines is 2. The fourth-order valence-corrected chi connectivity index (χ4v) is 10.5. The SMILES string of the molecule is C[C@H](CCC(=O)N1CN(C)c2ccccc21)[C@H]1CC[C@H]2[C@@H]3[C@H](O)C[C@@H]4C[C@H](O)CC[C@]4(C)[C@H]3CC[C@]12C. The minimum atomic E-state index is -0.221. The Morgan fingerprint density at radius 3 is 2.49 bits per heavy atom. The highest BCUT2D eigenvalue weighted by Crippen LogP contribution is 2.68. The molecule has 1 aromatic rings. The summed E-state index contributed by atoms with van der Waals surface area (Å²) in [6.45, 7) is 8.05. The third-order valence-electron chi connectivity index (χ3n) is 12.5. The van der Waals surface area contributed by atoms with E-state index in [9.17, 15) is 15.0 Å². The number of carbonyl (C=O) groups is 1. The summed E-state index contributed by atoms with van der Waals surface area (Å²) >= 11 is 0. The summed E-state index contributed by atoms with van der Waals surface area (Å²) < 4.78 is 0. The lowest BCUT2D eigenvalue weighted by molar-refractivity contribution is -0.174. The molecule has 1 amide bonds. The van der Waals surface area contributed by atoms with Crippen LogP contribution in [0.2, 0.25) is 0 Å². The standard InChI is InChI=1S/C32H48N2O3/c1-20(9-12-29(37)34-19-33(4)26-7-5-6-8-27(26)34)23-10-11-24-30-25(14-16-32(23,24)3)31(2)15-13-22(35)17-21(31)18-28(30)36/h5-8,20-25,28,30,35-36H,9-19H2,1-4H3/t20-,21+,22-,23-,24+,25+,28-,30+,31+,32-/m1/s1. The van der Waals surface area contributed by atoms with E-state index in [2.05, 4.69) is 44.9 Å². The van der Waals surface area contributed by atoms with Gasteiger partial charge in [0.2, 0.25) is 5.91 Å². The first-order valence-corrected chi connectivity index (χ1v) is 15.1. The average Bonchev–Trinajstić information content (AvgIpc) is 3.40. The number of aliphatic hydroxyl groups is 2. The Balaban J connectivity index is 1.13. The van der Waals surface area contributed by atoms with Gasteiger partial charge in [-0.1, -0.05) is 32.9 Å². The van der Waals surface area contributed by atoms with Crippen molar-refractivity contribution >= 4 is 17.3 Å². The number of benzene rings is 1. The molecule has 0 bridgehead atoms. The van der Waals surface area contributed by atoms with Gasteiger partial charge in [-0.15, -0.1) is 0 Å². The van der Waals surface area contributed by atoms with Crippen molar-refractivity contribution in [2.24, 2.45) is 46.3 Å². The smallest absolute Gasteiger partial charge is 0.228 e. The van der Waals surface area contributed by atoms with Gasteiger partial charge in [0.1, 0.15) is 0 Å². The summed E-state index contributed by atoms with van der Waals surface area (Å²) in [4.78, 5) is 17.4. The van der Waals surface area contributed by atoms with E-state index >= 15 is 0 Å². The number of rotatable bonds is 4. The van der Waals surface area contributed by atoms with Gasteiger partial charge in [-0.25, -0.2) is 0 Å². The highest BCUT2D eigenvalue weighted by molar-refractivity contribution is 5.99. The van der Waals surface area contributed by atoms with Crippen molar-refractivity contribution in [3.05, 3.63) is 24.3 Å². The molecule has 4 fully saturated rings. The Morgan fingerprint density at radius 2 is 1.70 bits per heavy atom. The molecule has 5 heteroatoms. The topological polar surface area (TPSA) is 64.0 Å². The van der Waals surface area contributed by atoms with Crippen LogP contribution in [0.3, 0.4) is 0 Å². The van der Waals surface area contributed by atoms with Crippen molar-refractivity contribution in [1.82, 2.24) is 0 Å². The molecular formula is C32H48N2O3. The minimum Gasteiger partial charge on any atom is -0.393 e. The van der Waals surface area contributed by atoms with Crippen LogP contribution in [-0.4, -0.2) is 42.0 Å². The van der Waals surface area contributed by atoms with Crippen molar-refractivity contribution in [3.8, 4) is 0 Å². The summed E-state index contributed by atoms with van der Waals surface area (Å²) in [5, 5.41) is 21.8. The summed E-state index contributed by atoms with van der Waals surface area (Å²) in [5.74, 6) is 3.45. The van der Waals surface area contributed by atoms with Crippen LogP contribution in [-0.2, 0) is 4.79 Å². The van der Waals surface area contributed by atoms with Crippen LogP contribution < -0.4 is 9.80 Å². The number of carbonyl (C=O) groups excluding carboxylic acids is 1. The van der Waals surface area contributed by atoms with Crippen molar-refractivity contribution < 1.29 is 15.0 Å². The summed E-state index contributed by atoms with van der Waals surface area (Å²) in [6.07, 6.45) is 9.90. The van der Waals surface area contributed by atoms with Crippen LogP contribution in [0.1, 0.15) is 85.0 Å². The first-order chi connectivity index (χ1) is 17.6. The van der Waals surface area contributed by atoms with Crippen molar-refractivity contribution in [2.45, 2.75) is 97.2 Å². The van der Waals surface area contributed by atoms with Crippen molar-refractivity contribution in [2.75, 3.05) is 23.5 Å². The molecule has 0 unspecified atom stereocenters. The minimum absolute atomic E-state index is 0.176. The van der Waals surface area contributed by atoms with E-state index < -0.39 is 0 Å². The average molecular weight is 509 g/mol. The van der Waals surface area contributed by atoms with E-state index in [0.717, 1.165) is 43.5 Å². The second-order valence-electron chi connectivity index (χ2n) is 14.1. The first kappa shape index (κ1) is 25.7. The summed E-state index contributed by atoms with van der Waals surface area (Å²) in [6, 6.07) is 8.22. The Kier molecular flexibility index (Phi) is 6.42. The molecule has 4 aliphatic carbocycles. The predicted molar refractivity (Wildman–Crippen MR) is 148 cm³/mol. The van der Waals surface area contributed by atoms with Crippen molar-refractivity contribution in [1.29, 1.82) is 0 Å². The highest BCUT2D eigenvalue weighted by atomic mass is 16.3. The number of fused-ring (bicyclic) bond motifs is 6. The number of para-hydroxylation sites is 2. The lowest BCUT2D eigenvalue weighted by Gasteiger charge is -2.62. The largest absolute Gasteiger partial charge is 0.393 e. The second-order valence-corrected chi connectivity index (χ2v) is 14.1. The van der Waals surface area contributed by atoms with Crippen LogP contribution in [0.25, 0.3) is 0 Å². The van der Waals surface area contributed by atoms with E-state index in [1.54, 1.807) is 0 Å².